The Kier molecular flexibility index (Phi) is 24.8. The molecule has 0 spiro atoms. The van der Waals surface area contributed by atoms with Crippen LogP contribution in [0.25, 0.3) is 0 Å². The molecule has 0 amide bonds. The highest BCUT2D eigenvalue weighted by atomic mass is 16.5. The number of hydrogen-bond donors (Lipinski definition) is 0. The number of carbonyl (C=O) groups excluding carboxylic acids is 2. The monoisotopic (exact) mass is 510 g/mol. The van der Waals surface area contributed by atoms with Crippen molar-refractivity contribution in [3.8, 4) is 0 Å². The summed E-state index contributed by atoms with van der Waals surface area (Å²) in [6.07, 6.45) is 27.4. The summed E-state index contributed by atoms with van der Waals surface area (Å²) in [4.78, 5) is 23.5. The average molecular weight is 511 g/mol. The third-order valence-electron chi connectivity index (χ3n) is 6.69. The molecular weight excluding hydrogens is 448 g/mol. The number of esters is 2. The predicted molar refractivity (Wildman–Crippen MR) is 153 cm³/mol. The van der Waals surface area contributed by atoms with Gasteiger partial charge in [0.2, 0.25) is 0 Å². The van der Waals surface area contributed by atoms with Crippen LogP contribution < -0.4 is 0 Å². The van der Waals surface area contributed by atoms with E-state index in [4.69, 9.17) is 9.47 Å². The first-order valence-electron chi connectivity index (χ1n) is 15.7. The molecule has 0 aromatic carbocycles. The van der Waals surface area contributed by atoms with E-state index in [-0.39, 0.29) is 17.4 Å². The molecule has 0 heterocycles. The molecule has 4 nitrogen and oxygen atoms in total. The maximum atomic E-state index is 11.9. The van der Waals surface area contributed by atoms with E-state index < -0.39 is 0 Å². The Hall–Kier alpha value is -1.06. The molecule has 4 heteroatoms. The molecule has 0 radical (unpaired) electrons. The number of ether oxygens (including phenoxy) is 2. The summed E-state index contributed by atoms with van der Waals surface area (Å²) in [5.41, 5.74) is 0.0305. The van der Waals surface area contributed by atoms with E-state index in [1.165, 1.54) is 89.9 Å². The second kappa shape index (κ2) is 25.6. The summed E-state index contributed by atoms with van der Waals surface area (Å²) in [5, 5.41) is 0. The van der Waals surface area contributed by atoms with Crippen molar-refractivity contribution < 1.29 is 19.1 Å². The van der Waals surface area contributed by atoms with Crippen molar-refractivity contribution in [1.82, 2.24) is 0 Å². The fraction of sp³-hybridized carbons (Fsp3) is 0.938. The first-order chi connectivity index (χ1) is 17.3. The highest BCUT2D eigenvalue weighted by molar-refractivity contribution is 5.69. The Morgan fingerprint density at radius 3 is 1.19 bits per heavy atom. The normalized spacial score (nSPS) is 11.6. The molecule has 0 aromatic rings. The molecule has 214 valence electrons. The zero-order valence-corrected chi connectivity index (χ0v) is 24.8. The Morgan fingerprint density at radius 2 is 0.806 bits per heavy atom. The van der Waals surface area contributed by atoms with Crippen LogP contribution >= 0.6 is 0 Å². The Labute approximate surface area is 225 Å². The van der Waals surface area contributed by atoms with Gasteiger partial charge in [-0.25, -0.2) is 0 Å². The maximum Gasteiger partial charge on any atom is 0.305 e. The second-order valence-corrected chi connectivity index (χ2v) is 12.0. The highest BCUT2D eigenvalue weighted by Crippen LogP contribution is 2.15. The molecule has 0 saturated carbocycles. The van der Waals surface area contributed by atoms with E-state index in [1.54, 1.807) is 0 Å². The van der Waals surface area contributed by atoms with Crippen molar-refractivity contribution >= 4 is 11.9 Å². The molecule has 0 aromatic heterocycles. The van der Waals surface area contributed by atoms with Crippen molar-refractivity contribution in [1.29, 1.82) is 0 Å². The number of unbranched alkanes of at least 4 members (excludes halogenated alkanes) is 19. The molecule has 0 aliphatic rings. The lowest BCUT2D eigenvalue weighted by molar-refractivity contribution is -0.146. The molecular formula is C32H62O4. The smallest absolute Gasteiger partial charge is 0.305 e. The Balaban J connectivity index is 3.25. The summed E-state index contributed by atoms with van der Waals surface area (Å²) in [6, 6.07) is 0. The summed E-state index contributed by atoms with van der Waals surface area (Å²) >= 11 is 0. The van der Waals surface area contributed by atoms with E-state index in [9.17, 15) is 9.59 Å². The molecule has 0 saturated heterocycles. The van der Waals surface area contributed by atoms with E-state index in [0.717, 1.165) is 44.9 Å². The second-order valence-electron chi connectivity index (χ2n) is 12.0. The van der Waals surface area contributed by atoms with Gasteiger partial charge in [-0.15, -0.1) is 0 Å². The standard InChI is InChI=1S/C32H62O4/c1-5-6-7-8-9-10-11-12-13-14-15-16-19-22-25-28-35-30(33)26-23-20-17-18-21-24-27-31(34)36-29-32(2,3)4/h5-29H2,1-4H3. The Morgan fingerprint density at radius 1 is 0.472 bits per heavy atom. The van der Waals surface area contributed by atoms with Crippen LogP contribution in [0.2, 0.25) is 0 Å². The Bertz CT molecular complexity index is 495. The van der Waals surface area contributed by atoms with E-state index in [0.29, 0.717) is 26.1 Å². The van der Waals surface area contributed by atoms with Crippen molar-refractivity contribution in [2.24, 2.45) is 5.41 Å². The molecule has 0 fully saturated rings. The molecule has 0 aliphatic carbocycles. The SMILES string of the molecule is CCCCCCCCCCCCCCCCCOC(=O)CCCCCCCCC(=O)OCC(C)(C)C. The average Bonchev–Trinajstić information content (AvgIpc) is 2.83. The molecule has 0 atom stereocenters. The van der Waals surface area contributed by atoms with Crippen LogP contribution in [-0.4, -0.2) is 25.2 Å². The van der Waals surface area contributed by atoms with Gasteiger partial charge in [-0.3, -0.25) is 9.59 Å². The number of carbonyl (C=O) groups is 2. The molecule has 0 bridgehead atoms. The topological polar surface area (TPSA) is 52.6 Å². The molecule has 0 N–H and O–H groups in total. The van der Waals surface area contributed by atoms with Crippen LogP contribution in [0.1, 0.15) is 175 Å². The van der Waals surface area contributed by atoms with Crippen LogP contribution in [0.15, 0.2) is 0 Å². The third-order valence-corrected chi connectivity index (χ3v) is 6.69. The van der Waals surface area contributed by atoms with Gasteiger partial charge < -0.3 is 9.47 Å². The van der Waals surface area contributed by atoms with Gasteiger partial charge in [0, 0.05) is 12.8 Å². The lowest BCUT2D eigenvalue weighted by Gasteiger charge is -2.17. The first-order valence-corrected chi connectivity index (χ1v) is 15.7. The number of hydrogen-bond acceptors (Lipinski definition) is 4. The predicted octanol–water partition coefficient (Wildman–Crippen LogP) is 10.1. The van der Waals surface area contributed by atoms with Crippen molar-refractivity contribution in [2.75, 3.05) is 13.2 Å². The highest BCUT2D eigenvalue weighted by Gasteiger charge is 2.13. The van der Waals surface area contributed by atoms with E-state index >= 15 is 0 Å². The minimum atomic E-state index is -0.0817. The maximum absolute atomic E-state index is 11.9. The summed E-state index contributed by atoms with van der Waals surface area (Å²) in [5.74, 6) is -0.122. The van der Waals surface area contributed by atoms with E-state index in [2.05, 4.69) is 27.7 Å². The van der Waals surface area contributed by atoms with Gasteiger partial charge in [0.15, 0.2) is 0 Å². The summed E-state index contributed by atoms with van der Waals surface area (Å²) in [7, 11) is 0. The fourth-order valence-corrected chi connectivity index (χ4v) is 4.35. The van der Waals surface area contributed by atoms with Crippen molar-refractivity contribution in [2.45, 2.75) is 175 Å². The van der Waals surface area contributed by atoms with Gasteiger partial charge in [0.25, 0.3) is 0 Å². The van der Waals surface area contributed by atoms with Gasteiger partial charge >= 0.3 is 11.9 Å². The first kappa shape index (κ1) is 34.9. The van der Waals surface area contributed by atoms with Crippen molar-refractivity contribution in [3.05, 3.63) is 0 Å². The van der Waals surface area contributed by atoms with Gasteiger partial charge in [0.1, 0.15) is 0 Å². The van der Waals surface area contributed by atoms with Crippen LogP contribution in [0.3, 0.4) is 0 Å². The van der Waals surface area contributed by atoms with Gasteiger partial charge in [-0.1, -0.05) is 143 Å². The molecule has 36 heavy (non-hydrogen) atoms. The fourth-order valence-electron chi connectivity index (χ4n) is 4.35. The van der Waals surface area contributed by atoms with Crippen molar-refractivity contribution in [3.63, 3.8) is 0 Å². The molecule has 0 aliphatic heterocycles. The summed E-state index contributed by atoms with van der Waals surface area (Å²) < 4.78 is 10.7. The largest absolute Gasteiger partial charge is 0.466 e. The lowest BCUT2D eigenvalue weighted by Crippen LogP contribution is -2.18. The zero-order valence-electron chi connectivity index (χ0n) is 24.8. The minimum absolute atomic E-state index is 0.0305. The minimum Gasteiger partial charge on any atom is -0.466 e. The molecule has 0 unspecified atom stereocenters. The van der Waals surface area contributed by atoms with Crippen LogP contribution in [-0.2, 0) is 19.1 Å². The van der Waals surface area contributed by atoms with E-state index in [1.807, 2.05) is 0 Å². The third kappa shape index (κ3) is 29.2. The quantitative estimate of drug-likeness (QED) is 0.0857. The van der Waals surface area contributed by atoms with Gasteiger partial charge in [0.05, 0.1) is 13.2 Å². The van der Waals surface area contributed by atoms with Gasteiger partial charge in [-0.05, 0) is 24.7 Å². The van der Waals surface area contributed by atoms with Gasteiger partial charge in [-0.2, -0.15) is 0 Å². The zero-order chi connectivity index (χ0) is 26.7. The van der Waals surface area contributed by atoms with Crippen LogP contribution in [0.5, 0.6) is 0 Å². The molecule has 0 rings (SSSR count). The summed E-state index contributed by atoms with van der Waals surface area (Å²) in [6.45, 7) is 9.55. The van der Waals surface area contributed by atoms with Crippen LogP contribution in [0, 0.1) is 5.41 Å². The number of rotatable bonds is 26. The van der Waals surface area contributed by atoms with Crippen LogP contribution in [0.4, 0.5) is 0 Å². The lowest BCUT2D eigenvalue weighted by atomic mass is 9.99.